The van der Waals surface area contributed by atoms with Crippen LogP contribution in [0.2, 0.25) is 0 Å². The topological polar surface area (TPSA) is 49.3 Å². The number of carboxylic acids is 1. The molecule has 17 heavy (non-hydrogen) atoms. The second-order valence-electron chi connectivity index (χ2n) is 4.88. The lowest BCUT2D eigenvalue weighted by Gasteiger charge is -2.29. The van der Waals surface area contributed by atoms with Crippen molar-refractivity contribution in [3.8, 4) is 0 Å². The number of aryl methyl sites for hydroxylation is 2. The molecule has 0 amide bonds. The zero-order chi connectivity index (χ0) is 12.4. The van der Waals surface area contributed by atoms with Crippen LogP contribution in [-0.4, -0.2) is 17.1 Å². The van der Waals surface area contributed by atoms with Crippen LogP contribution in [0.4, 0.5) is 0 Å². The van der Waals surface area contributed by atoms with Crippen LogP contribution < -0.4 is 5.32 Å². The Morgan fingerprint density at radius 2 is 2.06 bits per heavy atom. The predicted octanol–water partition coefficient (Wildman–Crippen LogP) is 2.57. The van der Waals surface area contributed by atoms with Crippen molar-refractivity contribution >= 4 is 5.97 Å². The third kappa shape index (κ3) is 2.67. The number of nitrogens with one attached hydrogen (secondary N) is 1. The summed E-state index contributed by atoms with van der Waals surface area (Å²) >= 11 is 0. The zero-order valence-corrected chi connectivity index (χ0v) is 10.4. The minimum absolute atomic E-state index is 0.184. The molecule has 1 aliphatic heterocycles. The summed E-state index contributed by atoms with van der Waals surface area (Å²) in [5.74, 6) is -0.737. The first kappa shape index (κ1) is 12.1. The molecule has 3 nitrogen and oxygen atoms in total. The molecule has 0 saturated carbocycles. The van der Waals surface area contributed by atoms with Crippen LogP contribution in [-0.2, 0) is 4.79 Å². The summed E-state index contributed by atoms with van der Waals surface area (Å²) in [5.41, 5.74) is 3.75. The van der Waals surface area contributed by atoms with Gasteiger partial charge >= 0.3 is 5.97 Å². The lowest BCUT2D eigenvalue weighted by Crippen LogP contribution is -2.42. The Kier molecular flexibility index (Phi) is 3.48. The van der Waals surface area contributed by atoms with Crippen molar-refractivity contribution in [3.63, 3.8) is 0 Å². The highest BCUT2D eigenvalue weighted by molar-refractivity contribution is 5.73. The Morgan fingerprint density at radius 1 is 1.29 bits per heavy atom. The second kappa shape index (κ2) is 4.88. The van der Waals surface area contributed by atoms with Gasteiger partial charge in [0.2, 0.25) is 0 Å². The number of carboxylic acid groups (broad SMARTS) is 1. The van der Waals surface area contributed by atoms with Gasteiger partial charge in [-0.2, -0.15) is 0 Å². The average molecular weight is 233 g/mol. The monoisotopic (exact) mass is 233 g/mol. The zero-order valence-electron chi connectivity index (χ0n) is 10.4. The molecule has 2 atom stereocenters. The first-order valence-electron chi connectivity index (χ1n) is 6.14. The summed E-state index contributed by atoms with van der Waals surface area (Å²) in [4.78, 5) is 11.0. The Bertz CT molecular complexity index is 428. The molecule has 0 spiro atoms. The van der Waals surface area contributed by atoms with Gasteiger partial charge in [0.15, 0.2) is 0 Å². The van der Waals surface area contributed by atoms with Crippen molar-refractivity contribution in [2.75, 3.05) is 0 Å². The molecule has 1 saturated heterocycles. The van der Waals surface area contributed by atoms with Crippen molar-refractivity contribution in [1.82, 2.24) is 5.32 Å². The normalized spacial score (nSPS) is 24.6. The minimum Gasteiger partial charge on any atom is -0.480 e. The fourth-order valence-corrected chi connectivity index (χ4v) is 2.37. The van der Waals surface area contributed by atoms with E-state index in [1.165, 1.54) is 16.7 Å². The molecular weight excluding hydrogens is 214 g/mol. The summed E-state index contributed by atoms with van der Waals surface area (Å²) < 4.78 is 0. The average Bonchev–Trinajstić information content (AvgIpc) is 2.33. The standard InChI is InChI=1S/C14H19NO2/c1-9-6-7-11(8-10(9)2)12-4-3-5-13(15-12)14(16)17/h6-8,12-13,15H,3-5H2,1-2H3,(H,16,17). The van der Waals surface area contributed by atoms with Crippen molar-refractivity contribution in [2.45, 2.75) is 45.2 Å². The van der Waals surface area contributed by atoms with Gasteiger partial charge in [-0.25, -0.2) is 0 Å². The highest BCUT2D eigenvalue weighted by Gasteiger charge is 2.26. The van der Waals surface area contributed by atoms with E-state index in [9.17, 15) is 4.79 Å². The van der Waals surface area contributed by atoms with Gasteiger partial charge in [0.05, 0.1) is 0 Å². The van der Waals surface area contributed by atoms with Gasteiger partial charge in [-0.15, -0.1) is 0 Å². The molecule has 1 aliphatic rings. The maximum absolute atomic E-state index is 11.0. The van der Waals surface area contributed by atoms with Crippen molar-refractivity contribution < 1.29 is 9.90 Å². The summed E-state index contributed by atoms with van der Waals surface area (Å²) in [7, 11) is 0. The number of aliphatic carboxylic acids is 1. The van der Waals surface area contributed by atoms with Gasteiger partial charge < -0.3 is 5.11 Å². The third-order valence-electron chi connectivity index (χ3n) is 3.62. The summed E-state index contributed by atoms with van der Waals surface area (Å²) in [6.45, 7) is 4.18. The van der Waals surface area contributed by atoms with E-state index in [0.717, 1.165) is 19.3 Å². The molecule has 2 unspecified atom stereocenters. The van der Waals surface area contributed by atoms with E-state index < -0.39 is 12.0 Å². The number of benzene rings is 1. The third-order valence-corrected chi connectivity index (χ3v) is 3.62. The van der Waals surface area contributed by atoms with E-state index >= 15 is 0 Å². The Hall–Kier alpha value is -1.35. The van der Waals surface area contributed by atoms with Crippen LogP contribution in [0.25, 0.3) is 0 Å². The maximum atomic E-state index is 11.0. The minimum atomic E-state index is -0.737. The SMILES string of the molecule is Cc1ccc(C2CCCC(C(=O)O)N2)cc1C. The smallest absolute Gasteiger partial charge is 0.320 e. The molecular formula is C14H19NO2. The molecule has 1 aromatic carbocycles. The first-order valence-corrected chi connectivity index (χ1v) is 6.14. The molecule has 1 aromatic rings. The molecule has 2 N–H and O–H groups in total. The van der Waals surface area contributed by atoms with Crippen LogP contribution in [0, 0.1) is 13.8 Å². The lowest BCUT2D eigenvalue weighted by atomic mass is 9.92. The van der Waals surface area contributed by atoms with E-state index in [4.69, 9.17) is 5.11 Å². The quantitative estimate of drug-likeness (QED) is 0.825. The Morgan fingerprint density at radius 3 is 2.71 bits per heavy atom. The lowest BCUT2D eigenvalue weighted by molar-refractivity contribution is -0.140. The molecule has 0 aromatic heterocycles. The van der Waals surface area contributed by atoms with Crippen LogP contribution in [0.3, 0.4) is 0 Å². The van der Waals surface area contributed by atoms with Crippen LogP contribution in [0.5, 0.6) is 0 Å². The summed E-state index contributed by atoms with van der Waals surface area (Å²) in [6, 6.07) is 6.16. The molecule has 0 bridgehead atoms. The highest BCUT2D eigenvalue weighted by atomic mass is 16.4. The number of hydrogen-bond donors (Lipinski definition) is 2. The van der Waals surface area contributed by atoms with E-state index in [-0.39, 0.29) is 6.04 Å². The van der Waals surface area contributed by atoms with Gasteiger partial charge in [-0.05, 0) is 49.8 Å². The number of rotatable bonds is 2. The number of piperidine rings is 1. The fourth-order valence-electron chi connectivity index (χ4n) is 2.37. The molecule has 1 heterocycles. The molecule has 2 rings (SSSR count). The molecule has 92 valence electrons. The molecule has 3 heteroatoms. The van der Waals surface area contributed by atoms with Gasteiger partial charge in [0.1, 0.15) is 6.04 Å². The van der Waals surface area contributed by atoms with E-state index in [2.05, 4.69) is 37.4 Å². The Balaban J connectivity index is 2.16. The van der Waals surface area contributed by atoms with Crippen LogP contribution >= 0.6 is 0 Å². The molecule has 0 radical (unpaired) electrons. The van der Waals surface area contributed by atoms with E-state index in [0.29, 0.717) is 0 Å². The first-order chi connectivity index (χ1) is 8.08. The molecule has 0 aliphatic carbocycles. The van der Waals surface area contributed by atoms with Crippen LogP contribution in [0.15, 0.2) is 18.2 Å². The second-order valence-corrected chi connectivity index (χ2v) is 4.88. The maximum Gasteiger partial charge on any atom is 0.320 e. The summed E-state index contributed by atoms with van der Waals surface area (Å²) in [6.07, 6.45) is 2.73. The van der Waals surface area contributed by atoms with Gasteiger partial charge in [0, 0.05) is 6.04 Å². The largest absolute Gasteiger partial charge is 0.480 e. The van der Waals surface area contributed by atoms with Gasteiger partial charge in [-0.1, -0.05) is 18.2 Å². The summed E-state index contributed by atoms with van der Waals surface area (Å²) in [5, 5.41) is 12.3. The number of carbonyl (C=O) groups is 1. The predicted molar refractivity (Wildman–Crippen MR) is 67.1 cm³/mol. The fraction of sp³-hybridized carbons (Fsp3) is 0.500. The highest BCUT2D eigenvalue weighted by Crippen LogP contribution is 2.26. The van der Waals surface area contributed by atoms with Crippen molar-refractivity contribution in [1.29, 1.82) is 0 Å². The van der Waals surface area contributed by atoms with Gasteiger partial charge in [0.25, 0.3) is 0 Å². The van der Waals surface area contributed by atoms with Crippen molar-refractivity contribution in [3.05, 3.63) is 34.9 Å². The molecule has 1 fully saturated rings. The van der Waals surface area contributed by atoms with E-state index in [1.54, 1.807) is 0 Å². The van der Waals surface area contributed by atoms with E-state index in [1.807, 2.05) is 0 Å². The van der Waals surface area contributed by atoms with Crippen LogP contribution in [0.1, 0.15) is 42.0 Å². The number of hydrogen-bond acceptors (Lipinski definition) is 2. The van der Waals surface area contributed by atoms with Crippen molar-refractivity contribution in [2.24, 2.45) is 0 Å². The Labute approximate surface area is 102 Å². The van der Waals surface area contributed by atoms with Gasteiger partial charge in [-0.3, -0.25) is 10.1 Å².